The van der Waals surface area contributed by atoms with E-state index in [1.807, 2.05) is 0 Å². The zero-order valence-electron chi connectivity index (χ0n) is 6.93. The van der Waals surface area contributed by atoms with Gasteiger partial charge in [0, 0.05) is 18.6 Å². The second-order valence-corrected chi connectivity index (χ2v) is 2.54. The van der Waals surface area contributed by atoms with Gasteiger partial charge >= 0.3 is 5.69 Å². The van der Waals surface area contributed by atoms with Gasteiger partial charge in [0.15, 0.2) is 11.5 Å². The van der Waals surface area contributed by atoms with E-state index in [0.717, 1.165) is 12.1 Å². The predicted octanol–water partition coefficient (Wildman–Crippen LogP) is 1.02. The summed E-state index contributed by atoms with van der Waals surface area (Å²) in [6.45, 7) is 3.03. The zero-order valence-corrected chi connectivity index (χ0v) is 6.93. The topological polar surface area (TPSA) is 101 Å². The Hall–Kier alpha value is -2.11. The van der Waals surface area contributed by atoms with Crippen LogP contribution in [0.1, 0.15) is 10.4 Å². The van der Waals surface area contributed by atoms with E-state index >= 15 is 0 Å². The number of phenolic OH excluding ortho intramolecular Hbond substituents is 2. The van der Waals surface area contributed by atoms with Crippen molar-refractivity contribution in [3.05, 3.63) is 34.7 Å². The summed E-state index contributed by atoms with van der Waals surface area (Å²) in [6.07, 6.45) is 0. The van der Waals surface area contributed by atoms with Crippen molar-refractivity contribution in [1.29, 1.82) is 0 Å². The number of nitro benzene ring substituents is 1. The first-order valence-electron chi connectivity index (χ1n) is 3.50. The normalized spacial score (nSPS) is 9.79. The van der Waals surface area contributed by atoms with Crippen LogP contribution >= 0.6 is 0 Å². The number of ketones is 1. The van der Waals surface area contributed by atoms with Crippen molar-refractivity contribution in [1.82, 2.24) is 0 Å². The van der Waals surface area contributed by atoms with Gasteiger partial charge in [-0.2, -0.15) is 0 Å². The molecule has 0 saturated carbocycles. The third kappa shape index (κ3) is 1.63. The summed E-state index contributed by atoms with van der Waals surface area (Å²) < 4.78 is 0. The summed E-state index contributed by atoms with van der Waals surface area (Å²) in [7, 11) is 0. The lowest BCUT2D eigenvalue weighted by Gasteiger charge is -2.01. The van der Waals surface area contributed by atoms with Gasteiger partial charge < -0.3 is 10.2 Å². The summed E-state index contributed by atoms with van der Waals surface area (Å²) in [5, 5.41) is 28.4. The van der Waals surface area contributed by atoms with E-state index in [0.29, 0.717) is 0 Å². The Morgan fingerprint density at radius 1 is 1.43 bits per heavy atom. The number of nitrogens with zero attached hydrogens (tertiary/aromatic N) is 1. The molecule has 0 fully saturated rings. The highest BCUT2D eigenvalue weighted by molar-refractivity contribution is 6.00. The molecule has 0 atom stereocenters. The number of nitro groups is 1. The number of hydrogen-bond donors (Lipinski definition) is 2. The van der Waals surface area contributed by atoms with Crippen LogP contribution in [-0.2, 0) is 0 Å². The molecule has 0 aliphatic heterocycles. The van der Waals surface area contributed by atoms with Gasteiger partial charge in [-0.15, -0.1) is 0 Å². The highest BCUT2D eigenvalue weighted by Gasteiger charge is 2.19. The second-order valence-electron chi connectivity index (χ2n) is 2.54. The molecule has 0 aromatic heterocycles. The third-order valence-electron chi connectivity index (χ3n) is 1.59. The molecule has 6 heteroatoms. The van der Waals surface area contributed by atoms with Gasteiger partial charge in [-0.1, -0.05) is 0 Å². The van der Waals surface area contributed by atoms with Crippen LogP contribution in [0, 0.1) is 17.0 Å². The Bertz CT molecular complexity index is 412. The minimum absolute atomic E-state index is 0.132. The van der Waals surface area contributed by atoms with Crippen molar-refractivity contribution in [3.8, 4) is 11.5 Å². The Labute approximate surface area is 78.6 Å². The van der Waals surface area contributed by atoms with Gasteiger partial charge in [-0.25, -0.2) is 0 Å². The van der Waals surface area contributed by atoms with Crippen LogP contribution in [0.25, 0.3) is 0 Å². The van der Waals surface area contributed by atoms with E-state index in [2.05, 4.69) is 6.92 Å². The molecule has 0 amide bonds. The lowest BCUT2D eigenvalue weighted by molar-refractivity contribution is -0.386. The lowest BCUT2D eigenvalue weighted by atomic mass is 10.1. The molecule has 14 heavy (non-hydrogen) atoms. The molecule has 1 aromatic carbocycles. The molecular formula is C8H6NO5. The van der Waals surface area contributed by atoms with Crippen molar-refractivity contribution in [3.63, 3.8) is 0 Å². The molecule has 1 rings (SSSR count). The summed E-state index contributed by atoms with van der Waals surface area (Å²) in [6, 6.07) is 1.77. The van der Waals surface area contributed by atoms with Crippen molar-refractivity contribution in [2.45, 2.75) is 0 Å². The molecule has 1 radical (unpaired) electrons. The van der Waals surface area contributed by atoms with Gasteiger partial charge in [-0.3, -0.25) is 14.9 Å². The van der Waals surface area contributed by atoms with Crippen molar-refractivity contribution >= 4 is 11.5 Å². The van der Waals surface area contributed by atoms with E-state index in [4.69, 9.17) is 10.2 Å². The van der Waals surface area contributed by atoms with Gasteiger partial charge in [0.05, 0.1) is 4.92 Å². The van der Waals surface area contributed by atoms with Gasteiger partial charge in [-0.05, 0) is 6.07 Å². The van der Waals surface area contributed by atoms with Crippen LogP contribution in [0.3, 0.4) is 0 Å². The first kappa shape index (κ1) is 9.97. The van der Waals surface area contributed by atoms with Crippen LogP contribution < -0.4 is 0 Å². The summed E-state index contributed by atoms with van der Waals surface area (Å²) in [4.78, 5) is 20.2. The van der Waals surface area contributed by atoms with Gasteiger partial charge in [0.1, 0.15) is 0 Å². The maximum absolute atomic E-state index is 10.8. The largest absolute Gasteiger partial charge is 0.504 e. The number of Topliss-reactive ketones (excluding diaryl/α,β-unsaturated/α-hetero) is 1. The molecule has 73 valence electrons. The fourth-order valence-corrected chi connectivity index (χ4v) is 0.904. The van der Waals surface area contributed by atoms with E-state index < -0.39 is 27.9 Å². The van der Waals surface area contributed by atoms with Crippen LogP contribution in [0.4, 0.5) is 5.69 Å². The molecule has 0 spiro atoms. The minimum atomic E-state index is -0.901. The molecule has 0 saturated heterocycles. The Balaban J connectivity index is 3.43. The summed E-state index contributed by atoms with van der Waals surface area (Å²) >= 11 is 0. The quantitative estimate of drug-likeness (QED) is 0.318. The van der Waals surface area contributed by atoms with E-state index in [-0.39, 0.29) is 5.56 Å². The van der Waals surface area contributed by atoms with Crippen LogP contribution in [-0.4, -0.2) is 20.9 Å². The highest BCUT2D eigenvalue weighted by atomic mass is 16.6. The lowest BCUT2D eigenvalue weighted by Crippen LogP contribution is -1.96. The highest BCUT2D eigenvalue weighted by Crippen LogP contribution is 2.35. The number of benzene rings is 1. The standard InChI is InChI=1S/C8H6NO5/c1-4(10)5-2-6(9(13)14)8(12)7(11)3-5/h2-3,11-12H,1H2. The van der Waals surface area contributed by atoms with Crippen LogP contribution in [0.5, 0.6) is 11.5 Å². The molecule has 0 bridgehead atoms. The number of hydrogen-bond acceptors (Lipinski definition) is 5. The van der Waals surface area contributed by atoms with E-state index in [9.17, 15) is 14.9 Å². The number of aromatic hydroxyl groups is 2. The van der Waals surface area contributed by atoms with E-state index in [1.165, 1.54) is 0 Å². The Kier molecular flexibility index (Phi) is 2.37. The zero-order chi connectivity index (χ0) is 10.9. The maximum Gasteiger partial charge on any atom is 0.315 e. The molecule has 0 unspecified atom stereocenters. The number of phenols is 2. The van der Waals surface area contributed by atoms with E-state index in [1.54, 1.807) is 0 Å². The van der Waals surface area contributed by atoms with Gasteiger partial charge in [0.2, 0.25) is 5.75 Å². The Morgan fingerprint density at radius 2 is 2.00 bits per heavy atom. The predicted molar refractivity (Wildman–Crippen MR) is 46.1 cm³/mol. The molecular weight excluding hydrogens is 190 g/mol. The molecule has 0 aliphatic carbocycles. The van der Waals surface area contributed by atoms with Crippen LogP contribution in [0.2, 0.25) is 0 Å². The molecule has 0 aliphatic rings. The average molecular weight is 196 g/mol. The number of carbonyl (C=O) groups is 1. The fourth-order valence-electron chi connectivity index (χ4n) is 0.904. The molecule has 6 nitrogen and oxygen atoms in total. The maximum atomic E-state index is 10.8. The third-order valence-corrected chi connectivity index (χ3v) is 1.59. The number of rotatable bonds is 2. The molecule has 1 aromatic rings. The minimum Gasteiger partial charge on any atom is -0.504 e. The Morgan fingerprint density at radius 3 is 2.43 bits per heavy atom. The smallest absolute Gasteiger partial charge is 0.315 e. The molecule has 0 heterocycles. The first-order valence-corrected chi connectivity index (χ1v) is 3.50. The van der Waals surface area contributed by atoms with Crippen molar-refractivity contribution in [2.75, 3.05) is 0 Å². The average Bonchev–Trinajstić information content (AvgIpc) is 2.08. The summed E-state index contributed by atoms with van der Waals surface area (Å²) in [5.41, 5.74) is -0.857. The number of carbonyl (C=O) groups excluding carboxylic acids is 1. The second kappa shape index (κ2) is 3.33. The van der Waals surface area contributed by atoms with Crippen LogP contribution in [0.15, 0.2) is 12.1 Å². The van der Waals surface area contributed by atoms with Crippen molar-refractivity contribution < 1.29 is 19.9 Å². The van der Waals surface area contributed by atoms with Gasteiger partial charge in [0.25, 0.3) is 0 Å². The fraction of sp³-hybridized carbons (Fsp3) is 0. The SMILES string of the molecule is [CH2]C(=O)c1cc(O)c(O)c([N+](=O)[O-])c1. The molecule has 2 N–H and O–H groups in total. The van der Waals surface area contributed by atoms with Crippen molar-refractivity contribution in [2.24, 2.45) is 0 Å². The summed E-state index contributed by atoms with van der Waals surface area (Å²) in [5.74, 6) is -2.26. The monoisotopic (exact) mass is 196 g/mol. The first-order chi connectivity index (χ1) is 6.43.